The molecule has 0 unspecified atom stereocenters. The predicted octanol–water partition coefficient (Wildman–Crippen LogP) is 3.58. The molecular formula is C23H17ClN4O2. The second-order valence-corrected chi connectivity index (χ2v) is 7.32. The van der Waals surface area contributed by atoms with Crippen molar-refractivity contribution >= 4 is 34.8 Å². The van der Waals surface area contributed by atoms with E-state index < -0.39 is 11.8 Å². The van der Waals surface area contributed by atoms with E-state index in [-0.39, 0.29) is 0 Å². The Morgan fingerprint density at radius 1 is 1.00 bits per heavy atom. The van der Waals surface area contributed by atoms with Gasteiger partial charge < -0.3 is 9.80 Å². The molecule has 1 fully saturated rings. The third-order valence-corrected chi connectivity index (χ3v) is 5.22. The molecule has 0 N–H and O–H groups in total. The van der Waals surface area contributed by atoms with Crippen molar-refractivity contribution in [2.24, 2.45) is 0 Å². The summed E-state index contributed by atoms with van der Waals surface area (Å²) in [6, 6.07) is 18.0. The second-order valence-electron chi connectivity index (χ2n) is 6.88. The molecule has 1 aliphatic rings. The highest BCUT2D eigenvalue weighted by molar-refractivity contribution is 6.46. The number of nitrogens with zero attached hydrogens (tertiary/aromatic N) is 4. The SMILES string of the molecule is N#Cc1ccc(Cc2cnccc2N2CCN(c3cccc(Cl)c3)C(=O)C2=O)cc1. The summed E-state index contributed by atoms with van der Waals surface area (Å²) in [5.41, 5.74) is 3.67. The minimum Gasteiger partial charge on any atom is -0.302 e. The van der Waals surface area contributed by atoms with Crippen LogP contribution in [0.15, 0.2) is 67.0 Å². The van der Waals surface area contributed by atoms with Gasteiger partial charge in [0, 0.05) is 42.6 Å². The number of hydrogen-bond donors (Lipinski definition) is 0. The van der Waals surface area contributed by atoms with Gasteiger partial charge in [0.25, 0.3) is 0 Å². The fourth-order valence-electron chi connectivity index (χ4n) is 3.49. The number of pyridine rings is 1. The van der Waals surface area contributed by atoms with Crippen LogP contribution in [0.3, 0.4) is 0 Å². The molecule has 0 saturated carbocycles. The van der Waals surface area contributed by atoms with E-state index in [4.69, 9.17) is 16.9 Å². The molecule has 0 bridgehead atoms. The molecule has 4 rings (SSSR count). The molecule has 3 aromatic rings. The van der Waals surface area contributed by atoms with Gasteiger partial charge in [0.05, 0.1) is 17.3 Å². The van der Waals surface area contributed by atoms with Crippen molar-refractivity contribution in [1.29, 1.82) is 5.26 Å². The first kappa shape index (κ1) is 19.6. The minimum absolute atomic E-state index is 0.363. The van der Waals surface area contributed by atoms with Crippen LogP contribution in [0.4, 0.5) is 11.4 Å². The Kier molecular flexibility index (Phi) is 5.46. The van der Waals surface area contributed by atoms with Gasteiger partial charge in [0.2, 0.25) is 0 Å². The molecule has 30 heavy (non-hydrogen) atoms. The zero-order valence-corrected chi connectivity index (χ0v) is 16.7. The number of rotatable bonds is 4. The first-order chi connectivity index (χ1) is 14.6. The topological polar surface area (TPSA) is 77.3 Å². The van der Waals surface area contributed by atoms with Crippen LogP contribution in [0.5, 0.6) is 0 Å². The van der Waals surface area contributed by atoms with Gasteiger partial charge in [-0.3, -0.25) is 14.6 Å². The fourth-order valence-corrected chi connectivity index (χ4v) is 3.68. The van der Waals surface area contributed by atoms with E-state index in [1.165, 1.54) is 9.80 Å². The van der Waals surface area contributed by atoms with Gasteiger partial charge in [-0.05, 0) is 47.5 Å². The number of benzene rings is 2. The maximum absolute atomic E-state index is 12.9. The molecule has 6 nitrogen and oxygen atoms in total. The van der Waals surface area contributed by atoms with E-state index in [2.05, 4.69) is 11.1 Å². The summed E-state index contributed by atoms with van der Waals surface area (Å²) in [6.45, 7) is 0.727. The average molecular weight is 417 g/mol. The highest BCUT2D eigenvalue weighted by atomic mass is 35.5. The first-order valence-electron chi connectivity index (χ1n) is 9.37. The van der Waals surface area contributed by atoms with Crippen molar-refractivity contribution in [1.82, 2.24) is 4.98 Å². The molecule has 2 aromatic carbocycles. The molecule has 148 valence electrons. The number of halogens is 1. The smallest absolute Gasteiger partial charge is 0.302 e. The van der Waals surface area contributed by atoms with Crippen LogP contribution in [0.1, 0.15) is 16.7 Å². The maximum atomic E-state index is 12.9. The van der Waals surface area contributed by atoms with Crippen molar-refractivity contribution in [3.8, 4) is 6.07 Å². The van der Waals surface area contributed by atoms with Crippen molar-refractivity contribution in [3.05, 3.63) is 88.7 Å². The summed E-state index contributed by atoms with van der Waals surface area (Å²) >= 11 is 6.03. The van der Waals surface area contributed by atoms with Gasteiger partial charge in [-0.25, -0.2) is 0 Å². The summed E-state index contributed by atoms with van der Waals surface area (Å²) in [5.74, 6) is -1.18. The first-order valence-corrected chi connectivity index (χ1v) is 9.75. The van der Waals surface area contributed by atoms with E-state index in [9.17, 15) is 9.59 Å². The number of nitriles is 1. The Morgan fingerprint density at radius 3 is 2.47 bits per heavy atom. The van der Waals surface area contributed by atoms with Crippen LogP contribution in [0.2, 0.25) is 5.02 Å². The molecule has 2 amide bonds. The molecule has 0 radical (unpaired) electrons. The lowest BCUT2D eigenvalue weighted by atomic mass is 10.0. The molecule has 1 aliphatic heterocycles. The van der Waals surface area contributed by atoms with E-state index in [0.29, 0.717) is 41.5 Å². The average Bonchev–Trinajstić information content (AvgIpc) is 2.77. The van der Waals surface area contributed by atoms with Crippen molar-refractivity contribution in [2.75, 3.05) is 22.9 Å². The highest BCUT2D eigenvalue weighted by Gasteiger charge is 2.35. The third-order valence-electron chi connectivity index (χ3n) is 4.99. The van der Waals surface area contributed by atoms with Crippen LogP contribution in [0, 0.1) is 11.3 Å². The highest BCUT2D eigenvalue weighted by Crippen LogP contribution is 2.27. The van der Waals surface area contributed by atoms with E-state index in [0.717, 1.165) is 11.1 Å². The van der Waals surface area contributed by atoms with Crippen molar-refractivity contribution < 1.29 is 9.59 Å². The van der Waals surface area contributed by atoms with Gasteiger partial charge in [0.15, 0.2) is 0 Å². The largest absolute Gasteiger partial charge is 0.316 e. The lowest BCUT2D eigenvalue weighted by Gasteiger charge is -2.34. The van der Waals surface area contributed by atoms with Gasteiger partial charge in [-0.1, -0.05) is 29.8 Å². The van der Waals surface area contributed by atoms with E-state index >= 15 is 0 Å². The maximum Gasteiger partial charge on any atom is 0.316 e. The summed E-state index contributed by atoms with van der Waals surface area (Å²) in [4.78, 5) is 32.9. The van der Waals surface area contributed by atoms with Crippen LogP contribution < -0.4 is 9.80 Å². The van der Waals surface area contributed by atoms with Gasteiger partial charge in [0.1, 0.15) is 0 Å². The third kappa shape index (κ3) is 3.88. The van der Waals surface area contributed by atoms with Crippen molar-refractivity contribution in [2.45, 2.75) is 6.42 Å². The summed E-state index contributed by atoms with van der Waals surface area (Å²) in [7, 11) is 0. The Labute approximate surface area is 178 Å². The zero-order valence-electron chi connectivity index (χ0n) is 16.0. The van der Waals surface area contributed by atoms with Crippen LogP contribution in [-0.2, 0) is 16.0 Å². The quantitative estimate of drug-likeness (QED) is 0.609. The number of carbonyl (C=O) groups excluding carboxylic acids is 2. The van der Waals surface area contributed by atoms with Crippen LogP contribution in [-0.4, -0.2) is 29.9 Å². The Balaban J connectivity index is 1.58. The number of anilines is 2. The summed E-state index contributed by atoms with van der Waals surface area (Å²) in [5, 5.41) is 9.47. The molecule has 1 saturated heterocycles. The lowest BCUT2D eigenvalue weighted by molar-refractivity contribution is -0.136. The minimum atomic E-state index is -0.593. The summed E-state index contributed by atoms with van der Waals surface area (Å²) in [6.07, 6.45) is 3.85. The predicted molar refractivity (Wildman–Crippen MR) is 114 cm³/mol. The van der Waals surface area contributed by atoms with Gasteiger partial charge in [-0.15, -0.1) is 0 Å². The molecule has 1 aromatic heterocycles. The van der Waals surface area contributed by atoms with E-state index in [1.54, 1.807) is 54.9 Å². The molecule has 0 aliphatic carbocycles. The number of piperazine rings is 1. The van der Waals surface area contributed by atoms with Crippen molar-refractivity contribution in [3.63, 3.8) is 0 Å². The fraction of sp³-hybridized carbons (Fsp3) is 0.130. The lowest BCUT2D eigenvalue weighted by Crippen LogP contribution is -2.55. The number of carbonyl (C=O) groups is 2. The Bertz CT molecular complexity index is 1150. The standard InChI is InChI=1S/C23H17ClN4O2/c24-19-2-1-3-20(13-19)27-10-11-28(23(30)22(27)29)21-8-9-26-15-18(21)12-16-4-6-17(14-25)7-5-16/h1-9,13,15H,10-12H2. The van der Waals surface area contributed by atoms with Crippen LogP contribution in [0.25, 0.3) is 0 Å². The second kappa shape index (κ2) is 8.36. The molecule has 0 spiro atoms. The Morgan fingerprint density at radius 2 is 1.73 bits per heavy atom. The number of hydrogen-bond acceptors (Lipinski definition) is 4. The number of amides is 2. The summed E-state index contributed by atoms with van der Waals surface area (Å²) < 4.78 is 0. The monoisotopic (exact) mass is 416 g/mol. The molecular weight excluding hydrogens is 400 g/mol. The molecule has 7 heteroatoms. The van der Waals surface area contributed by atoms with Crippen LogP contribution >= 0.6 is 11.6 Å². The van der Waals surface area contributed by atoms with Gasteiger partial charge in [-0.2, -0.15) is 5.26 Å². The zero-order chi connectivity index (χ0) is 21.1. The van der Waals surface area contributed by atoms with E-state index in [1.807, 2.05) is 12.1 Å². The Hall–Kier alpha value is -3.69. The van der Waals surface area contributed by atoms with Gasteiger partial charge >= 0.3 is 11.8 Å². The normalized spacial score (nSPS) is 14.0. The number of aromatic nitrogens is 1. The molecule has 2 heterocycles. The molecule has 0 atom stereocenters.